The lowest BCUT2D eigenvalue weighted by Gasteiger charge is -2.36. The quantitative estimate of drug-likeness (QED) is 0.215. The standard InChI is InChI=1S/C29H25Cl2N3S2/c1-32(2)14-5-15-33-22-11-10-21(18-29(22)36-27-12-8-19(30)16-24(27)33)34-23-6-3-4-7-26(23)35-28-13-9-20(31)17-25(28)34/h3-4,6-13,16-18H,5,14-15H2,1-2H3. The van der Waals surface area contributed by atoms with Crippen LogP contribution in [0.5, 0.6) is 0 Å². The summed E-state index contributed by atoms with van der Waals surface area (Å²) in [5, 5.41) is 1.51. The number of anilines is 5. The van der Waals surface area contributed by atoms with Gasteiger partial charge in [-0.25, -0.2) is 0 Å². The molecule has 2 heterocycles. The van der Waals surface area contributed by atoms with Gasteiger partial charge in [-0.15, -0.1) is 0 Å². The van der Waals surface area contributed by atoms with Crippen LogP contribution in [0.4, 0.5) is 28.4 Å². The molecule has 2 aliphatic rings. The fourth-order valence-corrected chi connectivity index (χ4v) is 7.25. The smallest absolute Gasteiger partial charge is 0.0616 e. The van der Waals surface area contributed by atoms with Crippen molar-refractivity contribution in [2.24, 2.45) is 0 Å². The highest BCUT2D eigenvalue weighted by atomic mass is 35.5. The van der Waals surface area contributed by atoms with E-state index in [9.17, 15) is 0 Å². The van der Waals surface area contributed by atoms with Crippen LogP contribution < -0.4 is 9.80 Å². The summed E-state index contributed by atoms with van der Waals surface area (Å²) in [6, 6.07) is 27.7. The Bertz CT molecular complexity index is 1460. The molecule has 36 heavy (non-hydrogen) atoms. The average molecular weight is 551 g/mol. The average Bonchev–Trinajstić information content (AvgIpc) is 2.86. The molecule has 6 rings (SSSR count). The van der Waals surface area contributed by atoms with Gasteiger partial charge in [-0.2, -0.15) is 0 Å². The second-order valence-electron chi connectivity index (χ2n) is 9.19. The lowest BCUT2D eigenvalue weighted by atomic mass is 10.1. The van der Waals surface area contributed by atoms with Gasteiger partial charge in [0.1, 0.15) is 0 Å². The summed E-state index contributed by atoms with van der Waals surface area (Å²) >= 11 is 16.5. The van der Waals surface area contributed by atoms with Gasteiger partial charge >= 0.3 is 0 Å². The fourth-order valence-electron chi connectivity index (χ4n) is 4.77. The van der Waals surface area contributed by atoms with Crippen molar-refractivity contribution >= 4 is 75.2 Å². The Kier molecular flexibility index (Phi) is 6.61. The maximum Gasteiger partial charge on any atom is 0.0616 e. The topological polar surface area (TPSA) is 9.72 Å². The highest BCUT2D eigenvalue weighted by molar-refractivity contribution is 8.00. The molecule has 2 aliphatic heterocycles. The van der Waals surface area contributed by atoms with Crippen LogP contribution >= 0.6 is 46.7 Å². The highest BCUT2D eigenvalue weighted by Crippen LogP contribution is 2.54. The van der Waals surface area contributed by atoms with Crippen LogP contribution in [0, 0.1) is 0 Å². The highest BCUT2D eigenvalue weighted by Gasteiger charge is 2.28. The van der Waals surface area contributed by atoms with Crippen molar-refractivity contribution in [3.8, 4) is 0 Å². The lowest BCUT2D eigenvalue weighted by Crippen LogP contribution is -2.25. The maximum atomic E-state index is 6.47. The largest absolute Gasteiger partial charge is 0.340 e. The van der Waals surface area contributed by atoms with Crippen molar-refractivity contribution in [1.29, 1.82) is 0 Å². The van der Waals surface area contributed by atoms with Gasteiger partial charge in [0.05, 0.1) is 22.7 Å². The molecule has 0 atom stereocenters. The van der Waals surface area contributed by atoms with Gasteiger partial charge in [-0.1, -0.05) is 58.9 Å². The van der Waals surface area contributed by atoms with E-state index in [2.05, 4.69) is 95.5 Å². The van der Waals surface area contributed by atoms with E-state index in [1.165, 1.54) is 36.6 Å². The minimum atomic E-state index is 0.740. The third-order valence-corrected chi connectivity index (χ3v) is 9.11. The Morgan fingerprint density at radius 1 is 0.667 bits per heavy atom. The summed E-state index contributed by atoms with van der Waals surface area (Å²) < 4.78 is 0. The van der Waals surface area contributed by atoms with Gasteiger partial charge in [-0.3, -0.25) is 0 Å². The normalized spacial score (nSPS) is 13.8. The number of benzene rings is 4. The third kappa shape index (κ3) is 4.48. The maximum absolute atomic E-state index is 6.47. The zero-order chi connectivity index (χ0) is 24.8. The minimum Gasteiger partial charge on any atom is -0.340 e. The molecular formula is C29H25Cl2N3S2. The van der Waals surface area contributed by atoms with Crippen LogP contribution in [0.2, 0.25) is 10.0 Å². The Balaban J connectivity index is 1.45. The second kappa shape index (κ2) is 9.88. The number of nitrogens with zero attached hydrogens (tertiary/aromatic N) is 3. The van der Waals surface area contributed by atoms with Gasteiger partial charge in [0.25, 0.3) is 0 Å². The molecule has 4 aromatic rings. The third-order valence-electron chi connectivity index (χ3n) is 6.40. The van der Waals surface area contributed by atoms with E-state index in [-0.39, 0.29) is 0 Å². The van der Waals surface area contributed by atoms with E-state index in [0.717, 1.165) is 40.9 Å². The van der Waals surface area contributed by atoms with Gasteiger partial charge in [0.2, 0.25) is 0 Å². The summed E-state index contributed by atoms with van der Waals surface area (Å²) in [6.45, 7) is 1.97. The predicted molar refractivity (Wildman–Crippen MR) is 156 cm³/mol. The van der Waals surface area contributed by atoms with E-state index in [1.54, 1.807) is 11.8 Å². The van der Waals surface area contributed by atoms with Crippen LogP contribution in [0.25, 0.3) is 0 Å². The van der Waals surface area contributed by atoms with Crippen LogP contribution in [-0.4, -0.2) is 32.1 Å². The van der Waals surface area contributed by atoms with E-state index >= 15 is 0 Å². The molecular weight excluding hydrogens is 525 g/mol. The van der Waals surface area contributed by atoms with E-state index in [4.69, 9.17) is 23.2 Å². The lowest BCUT2D eigenvalue weighted by molar-refractivity contribution is 0.402. The van der Waals surface area contributed by atoms with E-state index < -0.39 is 0 Å². The zero-order valence-corrected chi connectivity index (χ0v) is 23.2. The van der Waals surface area contributed by atoms with E-state index in [1.807, 2.05) is 23.9 Å². The number of hydrogen-bond acceptors (Lipinski definition) is 5. The number of hydrogen-bond donors (Lipinski definition) is 0. The summed E-state index contributed by atoms with van der Waals surface area (Å²) in [4.78, 5) is 11.9. The monoisotopic (exact) mass is 549 g/mol. The van der Waals surface area contributed by atoms with Crippen LogP contribution in [0.1, 0.15) is 6.42 Å². The number of fused-ring (bicyclic) bond motifs is 4. The fraction of sp³-hybridized carbons (Fsp3) is 0.172. The van der Waals surface area contributed by atoms with Gasteiger partial charge < -0.3 is 14.7 Å². The molecule has 0 saturated carbocycles. The Morgan fingerprint density at radius 3 is 2.11 bits per heavy atom. The summed E-state index contributed by atoms with van der Waals surface area (Å²) in [7, 11) is 4.24. The zero-order valence-electron chi connectivity index (χ0n) is 20.0. The van der Waals surface area contributed by atoms with Crippen molar-refractivity contribution in [3.63, 3.8) is 0 Å². The molecule has 0 N–H and O–H groups in total. The van der Waals surface area contributed by atoms with Crippen molar-refractivity contribution < 1.29 is 0 Å². The van der Waals surface area contributed by atoms with Crippen molar-refractivity contribution in [2.45, 2.75) is 26.0 Å². The van der Waals surface area contributed by atoms with Crippen LogP contribution in [-0.2, 0) is 0 Å². The van der Waals surface area contributed by atoms with Crippen LogP contribution in [0.3, 0.4) is 0 Å². The molecule has 0 fully saturated rings. The first kappa shape index (κ1) is 24.1. The SMILES string of the molecule is CN(C)CCCN1c2ccc(N3c4ccccc4Sc4ccc(Cl)cc43)cc2Sc2ccc(Cl)cc21. The molecule has 0 aromatic heterocycles. The van der Waals surface area contributed by atoms with Gasteiger partial charge in [0, 0.05) is 41.9 Å². The van der Waals surface area contributed by atoms with Crippen molar-refractivity contribution in [2.75, 3.05) is 37.0 Å². The summed E-state index contributed by atoms with van der Waals surface area (Å²) in [6.07, 6.45) is 1.06. The first-order valence-corrected chi connectivity index (χ1v) is 14.3. The molecule has 3 nitrogen and oxygen atoms in total. The molecule has 0 amide bonds. The Hall–Kier alpha value is -2.28. The molecule has 0 aliphatic carbocycles. The van der Waals surface area contributed by atoms with E-state index in [0.29, 0.717) is 0 Å². The predicted octanol–water partition coefficient (Wildman–Crippen LogP) is 9.48. The summed E-state index contributed by atoms with van der Waals surface area (Å²) in [5.74, 6) is 0. The van der Waals surface area contributed by atoms with Crippen molar-refractivity contribution in [1.82, 2.24) is 4.90 Å². The first-order valence-electron chi connectivity index (χ1n) is 11.9. The Labute approximate surface area is 231 Å². The molecule has 0 unspecified atom stereocenters. The van der Waals surface area contributed by atoms with Gasteiger partial charge in [0.15, 0.2) is 0 Å². The number of halogens is 2. The molecule has 7 heteroatoms. The number of rotatable bonds is 5. The van der Waals surface area contributed by atoms with Crippen LogP contribution in [0.15, 0.2) is 98.4 Å². The molecule has 0 radical (unpaired) electrons. The Morgan fingerprint density at radius 2 is 1.33 bits per heavy atom. The summed E-state index contributed by atoms with van der Waals surface area (Å²) in [5.41, 5.74) is 5.82. The second-order valence-corrected chi connectivity index (χ2v) is 12.2. The number of para-hydroxylation sites is 1. The first-order chi connectivity index (χ1) is 17.5. The molecule has 0 bridgehead atoms. The van der Waals surface area contributed by atoms with Gasteiger partial charge in [-0.05, 0) is 93.8 Å². The molecule has 182 valence electrons. The molecule has 0 saturated heterocycles. The van der Waals surface area contributed by atoms with Crippen molar-refractivity contribution in [3.05, 3.63) is 88.9 Å². The minimum absolute atomic E-state index is 0.740. The molecule has 4 aromatic carbocycles. The molecule has 0 spiro atoms.